The van der Waals surface area contributed by atoms with E-state index in [9.17, 15) is 9.59 Å². The molecule has 0 aliphatic rings. The predicted octanol–water partition coefficient (Wildman–Crippen LogP) is 3.00. The van der Waals surface area contributed by atoms with Gasteiger partial charge in [-0.2, -0.15) is 5.10 Å². The van der Waals surface area contributed by atoms with Gasteiger partial charge in [-0.05, 0) is 30.7 Å². The molecule has 0 spiro atoms. The van der Waals surface area contributed by atoms with Gasteiger partial charge in [0, 0.05) is 16.1 Å². The largest absolute Gasteiger partial charge is 0.324 e. The fourth-order valence-corrected chi connectivity index (χ4v) is 2.43. The van der Waals surface area contributed by atoms with Crippen molar-refractivity contribution >= 4 is 34.0 Å². The molecule has 1 aromatic heterocycles. The van der Waals surface area contributed by atoms with Gasteiger partial charge in [0.25, 0.3) is 5.56 Å². The number of carbonyl (C=O) groups is 1. The number of amides is 1. The van der Waals surface area contributed by atoms with E-state index in [-0.39, 0.29) is 18.0 Å². The van der Waals surface area contributed by atoms with E-state index < -0.39 is 0 Å². The Morgan fingerprint density at radius 1 is 1.26 bits per heavy atom. The van der Waals surface area contributed by atoms with Crippen molar-refractivity contribution in [3.8, 4) is 0 Å². The molecule has 6 heteroatoms. The van der Waals surface area contributed by atoms with E-state index in [1.54, 1.807) is 30.5 Å². The molecule has 3 aromatic rings. The molecule has 0 saturated heterocycles. The topological polar surface area (TPSA) is 64.0 Å². The smallest absolute Gasteiger partial charge is 0.275 e. The van der Waals surface area contributed by atoms with Crippen LogP contribution in [0.25, 0.3) is 10.8 Å². The molecule has 0 fully saturated rings. The SMILES string of the molecule is Cc1ccc(NC(=O)Cn2ncc3ccccc3c2=O)cc1Cl. The zero-order chi connectivity index (χ0) is 16.4. The molecule has 2 aromatic carbocycles. The number of aryl methyl sites for hydroxylation is 1. The summed E-state index contributed by atoms with van der Waals surface area (Å²) in [5.41, 5.74) is 1.22. The number of aromatic nitrogens is 2. The van der Waals surface area contributed by atoms with Crippen molar-refractivity contribution in [2.75, 3.05) is 5.32 Å². The van der Waals surface area contributed by atoms with Crippen LogP contribution < -0.4 is 10.9 Å². The van der Waals surface area contributed by atoms with Crippen molar-refractivity contribution in [2.24, 2.45) is 0 Å². The Kier molecular flexibility index (Phi) is 4.12. The highest BCUT2D eigenvalue weighted by Gasteiger charge is 2.09. The highest BCUT2D eigenvalue weighted by atomic mass is 35.5. The quantitative estimate of drug-likeness (QED) is 0.804. The van der Waals surface area contributed by atoms with Crippen LogP contribution in [-0.4, -0.2) is 15.7 Å². The van der Waals surface area contributed by atoms with E-state index in [4.69, 9.17) is 11.6 Å². The maximum atomic E-state index is 12.3. The third kappa shape index (κ3) is 3.24. The lowest BCUT2D eigenvalue weighted by molar-refractivity contribution is -0.117. The summed E-state index contributed by atoms with van der Waals surface area (Å²) in [6.45, 7) is 1.72. The number of nitrogens with zero attached hydrogens (tertiary/aromatic N) is 2. The number of nitrogens with one attached hydrogen (secondary N) is 1. The number of hydrogen-bond donors (Lipinski definition) is 1. The van der Waals surface area contributed by atoms with Crippen molar-refractivity contribution in [2.45, 2.75) is 13.5 Å². The molecule has 116 valence electrons. The minimum atomic E-state index is -0.338. The zero-order valence-corrected chi connectivity index (χ0v) is 13.2. The Balaban J connectivity index is 1.81. The minimum absolute atomic E-state index is 0.158. The number of fused-ring (bicyclic) bond motifs is 1. The summed E-state index contributed by atoms with van der Waals surface area (Å²) in [7, 11) is 0. The van der Waals surface area contributed by atoms with Crippen LogP contribution >= 0.6 is 11.6 Å². The van der Waals surface area contributed by atoms with Gasteiger partial charge in [-0.15, -0.1) is 0 Å². The van der Waals surface area contributed by atoms with E-state index >= 15 is 0 Å². The van der Waals surface area contributed by atoms with Gasteiger partial charge in [0.2, 0.25) is 5.91 Å². The first-order valence-electron chi connectivity index (χ1n) is 7.05. The van der Waals surface area contributed by atoms with E-state index in [2.05, 4.69) is 10.4 Å². The molecule has 1 heterocycles. The minimum Gasteiger partial charge on any atom is -0.324 e. The zero-order valence-electron chi connectivity index (χ0n) is 12.4. The predicted molar refractivity (Wildman–Crippen MR) is 90.8 cm³/mol. The van der Waals surface area contributed by atoms with Crippen LogP contribution in [0.1, 0.15) is 5.56 Å². The maximum Gasteiger partial charge on any atom is 0.275 e. The van der Waals surface area contributed by atoms with Gasteiger partial charge < -0.3 is 5.32 Å². The monoisotopic (exact) mass is 327 g/mol. The first-order chi connectivity index (χ1) is 11.0. The molecule has 0 aliphatic heterocycles. The highest BCUT2D eigenvalue weighted by Crippen LogP contribution is 2.19. The second kappa shape index (κ2) is 6.22. The van der Waals surface area contributed by atoms with E-state index in [0.29, 0.717) is 16.1 Å². The molecule has 0 atom stereocenters. The molecular weight excluding hydrogens is 314 g/mol. The summed E-state index contributed by atoms with van der Waals surface area (Å²) < 4.78 is 1.15. The Bertz CT molecular complexity index is 950. The molecule has 0 unspecified atom stereocenters. The molecule has 0 bridgehead atoms. The molecular formula is C17H14ClN3O2. The van der Waals surface area contributed by atoms with Gasteiger partial charge in [-0.25, -0.2) is 4.68 Å². The fraction of sp³-hybridized carbons (Fsp3) is 0.118. The van der Waals surface area contributed by atoms with Crippen molar-refractivity contribution < 1.29 is 4.79 Å². The Morgan fingerprint density at radius 2 is 2.04 bits per heavy atom. The van der Waals surface area contributed by atoms with Gasteiger partial charge in [-0.3, -0.25) is 9.59 Å². The number of benzene rings is 2. The molecule has 0 aliphatic carbocycles. The Hall–Kier alpha value is -2.66. The number of carbonyl (C=O) groups excluding carboxylic acids is 1. The summed E-state index contributed by atoms with van der Waals surface area (Å²) in [6.07, 6.45) is 1.58. The van der Waals surface area contributed by atoms with Gasteiger partial charge in [-0.1, -0.05) is 35.9 Å². The van der Waals surface area contributed by atoms with Gasteiger partial charge in [0.15, 0.2) is 0 Å². The normalized spacial score (nSPS) is 10.7. The Labute approximate surface area is 137 Å². The second-order valence-electron chi connectivity index (χ2n) is 5.21. The molecule has 1 amide bonds. The van der Waals surface area contributed by atoms with Crippen LogP contribution in [-0.2, 0) is 11.3 Å². The van der Waals surface area contributed by atoms with Crippen molar-refractivity contribution in [3.63, 3.8) is 0 Å². The highest BCUT2D eigenvalue weighted by molar-refractivity contribution is 6.31. The lowest BCUT2D eigenvalue weighted by Crippen LogP contribution is -2.29. The average molecular weight is 328 g/mol. The molecule has 0 radical (unpaired) electrons. The summed E-state index contributed by atoms with van der Waals surface area (Å²) >= 11 is 6.03. The van der Waals surface area contributed by atoms with Crippen LogP contribution in [0.4, 0.5) is 5.69 Å². The first-order valence-corrected chi connectivity index (χ1v) is 7.43. The third-order valence-corrected chi connectivity index (χ3v) is 3.92. The molecule has 1 N–H and O–H groups in total. The average Bonchev–Trinajstić information content (AvgIpc) is 2.54. The summed E-state index contributed by atoms with van der Waals surface area (Å²) in [6, 6.07) is 12.4. The van der Waals surface area contributed by atoms with Crippen molar-refractivity contribution in [3.05, 3.63) is 69.6 Å². The lowest BCUT2D eigenvalue weighted by atomic mass is 10.2. The number of halogens is 1. The van der Waals surface area contributed by atoms with Crippen molar-refractivity contribution in [1.82, 2.24) is 9.78 Å². The third-order valence-electron chi connectivity index (χ3n) is 3.51. The number of hydrogen-bond acceptors (Lipinski definition) is 3. The van der Waals surface area contributed by atoms with Gasteiger partial charge >= 0.3 is 0 Å². The van der Waals surface area contributed by atoms with Crippen LogP contribution in [0.3, 0.4) is 0 Å². The summed E-state index contributed by atoms with van der Waals surface area (Å²) in [4.78, 5) is 24.4. The van der Waals surface area contributed by atoms with Crippen LogP contribution in [0.15, 0.2) is 53.5 Å². The fourth-order valence-electron chi connectivity index (χ4n) is 2.25. The summed E-state index contributed by atoms with van der Waals surface area (Å²) in [5.74, 6) is -0.338. The molecule has 3 rings (SSSR count). The molecule has 5 nitrogen and oxygen atoms in total. The number of anilines is 1. The van der Waals surface area contributed by atoms with Crippen LogP contribution in [0.2, 0.25) is 5.02 Å². The molecule has 23 heavy (non-hydrogen) atoms. The van der Waals surface area contributed by atoms with Gasteiger partial charge in [0.05, 0.1) is 11.6 Å². The second-order valence-corrected chi connectivity index (χ2v) is 5.61. The van der Waals surface area contributed by atoms with E-state index in [1.165, 1.54) is 0 Å². The summed E-state index contributed by atoms with van der Waals surface area (Å²) in [5, 5.41) is 8.61. The van der Waals surface area contributed by atoms with Crippen LogP contribution in [0, 0.1) is 6.92 Å². The lowest BCUT2D eigenvalue weighted by Gasteiger charge is -2.08. The molecule has 0 saturated carbocycles. The first kappa shape index (κ1) is 15.2. The standard InChI is InChI=1S/C17H14ClN3O2/c1-11-6-7-13(8-15(11)18)20-16(22)10-21-17(23)14-5-3-2-4-12(14)9-19-21/h2-9H,10H2,1H3,(H,20,22). The van der Waals surface area contributed by atoms with Crippen molar-refractivity contribution in [1.29, 1.82) is 0 Å². The maximum absolute atomic E-state index is 12.3. The van der Waals surface area contributed by atoms with E-state index in [0.717, 1.165) is 15.6 Å². The van der Waals surface area contributed by atoms with Gasteiger partial charge in [0.1, 0.15) is 6.54 Å². The Morgan fingerprint density at radius 3 is 2.83 bits per heavy atom. The van der Waals surface area contributed by atoms with E-state index in [1.807, 2.05) is 25.1 Å². The number of rotatable bonds is 3. The van der Waals surface area contributed by atoms with Crippen LogP contribution in [0.5, 0.6) is 0 Å².